The lowest BCUT2D eigenvalue weighted by molar-refractivity contribution is 0.203. The molecular formula is C15H24BrNO. The zero-order valence-corrected chi connectivity index (χ0v) is 13.1. The van der Waals surface area contributed by atoms with Gasteiger partial charge in [0.2, 0.25) is 0 Å². The van der Waals surface area contributed by atoms with Crippen molar-refractivity contribution in [3.8, 4) is 0 Å². The lowest BCUT2D eigenvalue weighted by Crippen LogP contribution is -2.37. The summed E-state index contributed by atoms with van der Waals surface area (Å²) in [6.45, 7) is 7.77. The minimum atomic E-state index is 0.155. The fraction of sp³-hybridized carbons (Fsp3) is 0.600. The van der Waals surface area contributed by atoms with Crippen molar-refractivity contribution in [2.24, 2.45) is 5.41 Å². The first-order chi connectivity index (χ1) is 8.43. The molecule has 0 radical (unpaired) electrons. The SMILES string of the molecule is CC(Cc1ccc(Br)cc1)NCC(C)(C)CCO. The van der Waals surface area contributed by atoms with Crippen molar-refractivity contribution in [2.75, 3.05) is 13.2 Å². The van der Waals surface area contributed by atoms with Gasteiger partial charge in [0.15, 0.2) is 0 Å². The second kappa shape index (κ2) is 7.27. The standard InChI is InChI=1S/C15H24BrNO/c1-12(17-11-15(2,3)8-9-18)10-13-4-6-14(16)7-5-13/h4-7,12,17-18H,8-11H2,1-3H3. The molecule has 0 saturated heterocycles. The van der Waals surface area contributed by atoms with Crippen LogP contribution in [0.2, 0.25) is 0 Å². The van der Waals surface area contributed by atoms with Crippen LogP contribution in [0.3, 0.4) is 0 Å². The summed E-state index contributed by atoms with van der Waals surface area (Å²) in [6, 6.07) is 8.92. The third-order valence-electron chi connectivity index (χ3n) is 3.17. The fourth-order valence-electron chi connectivity index (χ4n) is 1.89. The molecule has 0 saturated carbocycles. The smallest absolute Gasteiger partial charge is 0.0436 e. The summed E-state index contributed by atoms with van der Waals surface area (Å²) in [5.74, 6) is 0. The Hall–Kier alpha value is -0.380. The molecule has 1 atom stereocenters. The first kappa shape index (κ1) is 15.7. The number of benzene rings is 1. The predicted molar refractivity (Wildman–Crippen MR) is 80.8 cm³/mol. The maximum atomic E-state index is 9.00. The molecule has 0 aliphatic carbocycles. The first-order valence-electron chi connectivity index (χ1n) is 6.52. The minimum Gasteiger partial charge on any atom is -0.396 e. The molecule has 18 heavy (non-hydrogen) atoms. The summed E-state index contributed by atoms with van der Waals surface area (Å²) < 4.78 is 1.12. The van der Waals surface area contributed by atoms with Gasteiger partial charge in [0.25, 0.3) is 0 Å². The van der Waals surface area contributed by atoms with E-state index in [4.69, 9.17) is 5.11 Å². The van der Waals surface area contributed by atoms with Crippen LogP contribution >= 0.6 is 15.9 Å². The summed E-state index contributed by atoms with van der Waals surface area (Å²) in [5.41, 5.74) is 1.50. The Kier molecular flexibility index (Phi) is 6.33. The number of aliphatic hydroxyl groups excluding tert-OH is 1. The average molecular weight is 314 g/mol. The van der Waals surface area contributed by atoms with E-state index in [1.54, 1.807) is 0 Å². The highest BCUT2D eigenvalue weighted by molar-refractivity contribution is 9.10. The van der Waals surface area contributed by atoms with E-state index in [1.165, 1.54) is 5.56 Å². The Morgan fingerprint density at radius 3 is 2.44 bits per heavy atom. The quantitative estimate of drug-likeness (QED) is 0.809. The molecule has 1 aromatic carbocycles. The molecule has 1 aromatic rings. The zero-order chi connectivity index (χ0) is 13.6. The molecule has 2 nitrogen and oxygen atoms in total. The number of rotatable bonds is 7. The van der Waals surface area contributed by atoms with Crippen molar-refractivity contribution >= 4 is 15.9 Å². The van der Waals surface area contributed by atoms with Gasteiger partial charge in [-0.25, -0.2) is 0 Å². The van der Waals surface area contributed by atoms with Crippen molar-refractivity contribution in [1.29, 1.82) is 0 Å². The molecule has 0 spiro atoms. The largest absolute Gasteiger partial charge is 0.396 e. The molecule has 0 aliphatic heterocycles. The Morgan fingerprint density at radius 2 is 1.89 bits per heavy atom. The van der Waals surface area contributed by atoms with E-state index in [9.17, 15) is 0 Å². The van der Waals surface area contributed by atoms with Gasteiger partial charge < -0.3 is 10.4 Å². The molecule has 0 amide bonds. The summed E-state index contributed by atoms with van der Waals surface area (Å²) in [4.78, 5) is 0. The molecule has 102 valence electrons. The van der Waals surface area contributed by atoms with Gasteiger partial charge in [0.1, 0.15) is 0 Å². The van der Waals surface area contributed by atoms with E-state index in [0.717, 1.165) is 23.9 Å². The van der Waals surface area contributed by atoms with Gasteiger partial charge in [0, 0.05) is 23.7 Å². The van der Waals surface area contributed by atoms with Crippen LogP contribution in [0.1, 0.15) is 32.8 Å². The molecule has 0 fully saturated rings. The van der Waals surface area contributed by atoms with Crippen molar-refractivity contribution in [2.45, 2.75) is 39.7 Å². The summed E-state index contributed by atoms with van der Waals surface area (Å²) in [5, 5.41) is 12.5. The summed E-state index contributed by atoms with van der Waals surface area (Å²) in [7, 11) is 0. The van der Waals surface area contributed by atoms with Crippen LogP contribution in [0.25, 0.3) is 0 Å². The van der Waals surface area contributed by atoms with Crippen LogP contribution < -0.4 is 5.32 Å². The Labute approximate surface area is 119 Å². The molecule has 0 heterocycles. The molecule has 3 heteroatoms. The van der Waals surface area contributed by atoms with Gasteiger partial charge in [-0.05, 0) is 42.9 Å². The van der Waals surface area contributed by atoms with E-state index in [0.29, 0.717) is 6.04 Å². The van der Waals surface area contributed by atoms with Crippen LogP contribution in [0.15, 0.2) is 28.7 Å². The van der Waals surface area contributed by atoms with Crippen molar-refractivity contribution in [3.05, 3.63) is 34.3 Å². The van der Waals surface area contributed by atoms with E-state index < -0.39 is 0 Å². The van der Waals surface area contributed by atoms with Crippen LogP contribution in [-0.4, -0.2) is 24.3 Å². The number of aliphatic hydroxyl groups is 1. The Morgan fingerprint density at radius 1 is 1.28 bits per heavy atom. The van der Waals surface area contributed by atoms with Gasteiger partial charge in [0.05, 0.1) is 0 Å². The predicted octanol–water partition coefficient (Wildman–Crippen LogP) is 3.38. The summed E-state index contributed by atoms with van der Waals surface area (Å²) in [6.07, 6.45) is 1.87. The molecule has 1 rings (SSSR count). The highest BCUT2D eigenvalue weighted by Gasteiger charge is 2.17. The van der Waals surface area contributed by atoms with E-state index >= 15 is 0 Å². The van der Waals surface area contributed by atoms with Gasteiger partial charge in [-0.3, -0.25) is 0 Å². The lowest BCUT2D eigenvalue weighted by Gasteiger charge is -2.26. The minimum absolute atomic E-state index is 0.155. The third kappa shape index (κ3) is 5.98. The van der Waals surface area contributed by atoms with Gasteiger partial charge in [-0.2, -0.15) is 0 Å². The topological polar surface area (TPSA) is 32.3 Å². The van der Waals surface area contributed by atoms with Gasteiger partial charge >= 0.3 is 0 Å². The van der Waals surface area contributed by atoms with Crippen molar-refractivity contribution in [3.63, 3.8) is 0 Å². The maximum Gasteiger partial charge on any atom is 0.0436 e. The third-order valence-corrected chi connectivity index (χ3v) is 3.70. The Bertz CT molecular complexity index is 348. The second-order valence-corrected chi connectivity index (χ2v) is 6.67. The van der Waals surface area contributed by atoms with Crippen LogP contribution in [0.4, 0.5) is 0 Å². The molecule has 0 bridgehead atoms. The average Bonchev–Trinajstić information content (AvgIpc) is 2.30. The van der Waals surface area contributed by atoms with E-state index in [-0.39, 0.29) is 12.0 Å². The molecule has 2 N–H and O–H groups in total. The molecule has 0 aliphatic rings. The monoisotopic (exact) mass is 313 g/mol. The number of hydrogen-bond donors (Lipinski definition) is 2. The van der Waals surface area contributed by atoms with Crippen molar-refractivity contribution < 1.29 is 5.11 Å². The van der Waals surface area contributed by atoms with Gasteiger partial charge in [-0.15, -0.1) is 0 Å². The maximum absolute atomic E-state index is 9.00. The highest BCUT2D eigenvalue weighted by Crippen LogP contribution is 2.18. The van der Waals surface area contributed by atoms with E-state index in [1.807, 2.05) is 0 Å². The number of halogens is 1. The van der Waals surface area contributed by atoms with Crippen LogP contribution in [0.5, 0.6) is 0 Å². The Balaban J connectivity index is 2.37. The van der Waals surface area contributed by atoms with Crippen LogP contribution in [-0.2, 0) is 6.42 Å². The second-order valence-electron chi connectivity index (χ2n) is 5.75. The van der Waals surface area contributed by atoms with E-state index in [2.05, 4.69) is 66.3 Å². The van der Waals surface area contributed by atoms with Gasteiger partial charge in [-0.1, -0.05) is 41.9 Å². The highest BCUT2D eigenvalue weighted by atomic mass is 79.9. The molecular weight excluding hydrogens is 290 g/mol. The number of hydrogen-bond acceptors (Lipinski definition) is 2. The first-order valence-corrected chi connectivity index (χ1v) is 7.31. The summed E-state index contributed by atoms with van der Waals surface area (Å²) >= 11 is 3.45. The van der Waals surface area contributed by atoms with Crippen molar-refractivity contribution in [1.82, 2.24) is 5.32 Å². The lowest BCUT2D eigenvalue weighted by atomic mass is 9.89. The molecule has 0 aromatic heterocycles. The molecule has 1 unspecified atom stereocenters. The fourth-order valence-corrected chi connectivity index (χ4v) is 2.15. The normalized spacial score (nSPS) is 13.6. The van der Waals surface area contributed by atoms with Crippen LogP contribution in [0, 0.1) is 5.41 Å². The number of nitrogens with one attached hydrogen (secondary N) is 1. The zero-order valence-electron chi connectivity index (χ0n) is 11.5.